The average Bonchev–Trinajstić information content (AvgIpc) is 2.94. The zero-order chi connectivity index (χ0) is 19.4. The van der Waals surface area contributed by atoms with Gasteiger partial charge in [-0.3, -0.25) is 4.79 Å². The minimum absolute atomic E-state index is 0.0453. The molecule has 0 aliphatic carbocycles. The molecule has 1 aromatic heterocycles. The van der Waals surface area contributed by atoms with Gasteiger partial charge in [-0.25, -0.2) is 0 Å². The largest absolute Gasteiger partial charge is 0.352 e. The van der Waals surface area contributed by atoms with Crippen LogP contribution in [0.5, 0.6) is 0 Å². The van der Waals surface area contributed by atoms with Crippen LogP contribution in [0.2, 0.25) is 0 Å². The molecule has 1 saturated heterocycles. The molecule has 1 amide bonds. The first-order chi connectivity index (χ1) is 13.1. The predicted octanol–water partition coefficient (Wildman–Crippen LogP) is 4.66. The zero-order valence-corrected chi connectivity index (χ0v) is 17.5. The number of rotatable bonds is 7. The number of nitrogens with zero attached hydrogens (tertiary/aromatic N) is 2. The molecule has 1 N–H and O–H groups in total. The lowest BCUT2D eigenvalue weighted by atomic mass is 10.00. The van der Waals surface area contributed by atoms with Gasteiger partial charge in [-0.1, -0.05) is 13.3 Å². The fourth-order valence-electron chi connectivity index (χ4n) is 4.60. The van der Waals surface area contributed by atoms with Crippen LogP contribution in [0.15, 0.2) is 18.2 Å². The highest BCUT2D eigenvalue weighted by molar-refractivity contribution is 5.99. The van der Waals surface area contributed by atoms with E-state index in [1.807, 2.05) is 6.07 Å². The van der Waals surface area contributed by atoms with Crippen molar-refractivity contribution in [2.24, 2.45) is 0 Å². The monoisotopic (exact) mass is 369 g/mol. The smallest absolute Gasteiger partial charge is 0.251 e. The number of carbonyl (C=O) groups is 1. The second kappa shape index (κ2) is 8.92. The third kappa shape index (κ3) is 4.21. The summed E-state index contributed by atoms with van der Waals surface area (Å²) in [7, 11) is 0. The number of piperidine rings is 1. The van der Waals surface area contributed by atoms with E-state index in [0.29, 0.717) is 0 Å². The molecule has 0 bridgehead atoms. The van der Waals surface area contributed by atoms with Crippen molar-refractivity contribution in [3.8, 4) is 0 Å². The van der Waals surface area contributed by atoms with Gasteiger partial charge in [-0.05, 0) is 76.8 Å². The molecule has 1 atom stereocenters. The molecule has 2 aromatic rings. The molecule has 4 heteroatoms. The minimum Gasteiger partial charge on any atom is -0.352 e. The fourth-order valence-corrected chi connectivity index (χ4v) is 4.60. The molecule has 1 fully saturated rings. The second-order valence-corrected chi connectivity index (χ2v) is 7.89. The summed E-state index contributed by atoms with van der Waals surface area (Å²) in [6.07, 6.45) is 6.28. The van der Waals surface area contributed by atoms with Gasteiger partial charge >= 0.3 is 0 Å². The molecule has 1 aromatic carbocycles. The van der Waals surface area contributed by atoms with Gasteiger partial charge in [-0.15, -0.1) is 0 Å². The van der Waals surface area contributed by atoms with Gasteiger partial charge in [0.25, 0.3) is 5.91 Å². The molecular weight excluding hydrogens is 334 g/mol. The maximum Gasteiger partial charge on any atom is 0.251 e. The first-order valence-electron chi connectivity index (χ1n) is 10.7. The molecule has 1 aliphatic heterocycles. The number of likely N-dealkylation sites (tertiary alicyclic amines) is 1. The SMILES string of the molecule is CC[C@@H]1CCCCN1CCCNC(=O)c1ccc2c(c1)c(C)c(C)n2CC. The maximum absolute atomic E-state index is 12.6. The first kappa shape index (κ1) is 19.9. The quantitative estimate of drug-likeness (QED) is 0.721. The highest BCUT2D eigenvalue weighted by Gasteiger charge is 2.20. The van der Waals surface area contributed by atoms with E-state index in [2.05, 4.69) is 54.6 Å². The summed E-state index contributed by atoms with van der Waals surface area (Å²) in [6.45, 7) is 12.8. The molecule has 0 unspecified atom stereocenters. The zero-order valence-electron chi connectivity index (χ0n) is 17.5. The number of hydrogen-bond acceptors (Lipinski definition) is 2. The standard InChI is InChI=1S/C23H35N3O/c1-5-20-10-7-8-14-25(20)15-9-13-24-23(27)19-11-12-22-21(16-19)17(3)18(4)26(22)6-2/h11-12,16,20H,5-10,13-15H2,1-4H3,(H,24,27)/t20-/m1/s1. The Morgan fingerprint density at radius 3 is 2.78 bits per heavy atom. The van der Waals surface area contributed by atoms with Gasteiger partial charge in [0.15, 0.2) is 0 Å². The molecule has 0 radical (unpaired) electrons. The Balaban J connectivity index is 1.57. The van der Waals surface area contributed by atoms with Crippen LogP contribution in [0.4, 0.5) is 0 Å². The molecule has 27 heavy (non-hydrogen) atoms. The van der Waals surface area contributed by atoms with E-state index in [-0.39, 0.29) is 5.91 Å². The summed E-state index contributed by atoms with van der Waals surface area (Å²) in [5.41, 5.74) is 4.55. The third-order valence-electron chi connectivity index (χ3n) is 6.35. The summed E-state index contributed by atoms with van der Waals surface area (Å²) >= 11 is 0. The van der Waals surface area contributed by atoms with Gasteiger partial charge < -0.3 is 14.8 Å². The van der Waals surface area contributed by atoms with Crippen LogP contribution in [0.25, 0.3) is 10.9 Å². The van der Waals surface area contributed by atoms with Crippen LogP contribution in [-0.4, -0.2) is 41.1 Å². The van der Waals surface area contributed by atoms with Crippen LogP contribution >= 0.6 is 0 Å². The second-order valence-electron chi connectivity index (χ2n) is 7.89. The Hall–Kier alpha value is -1.81. The number of aromatic nitrogens is 1. The number of nitrogens with one attached hydrogen (secondary N) is 1. The van der Waals surface area contributed by atoms with Crippen molar-refractivity contribution in [1.29, 1.82) is 0 Å². The van der Waals surface area contributed by atoms with E-state index >= 15 is 0 Å². The summed E-state index contributed by atoms with van der Waals surface area (Å²) in [4.78, 5) is 15.2. The Labute approximate surface area is 163 Å². The van der Waals surface area contributed by atoms with Gasteiger partial charge in [0.05, 0.1) is 0 Å². The van der Waals surface area contributed by atoms with Gasteiger partial charge in [0.1, 0.15) is 0 Å². The van der Waals surface area contributed by atoms with Crippen LogP contribution in [-0.2, 0) is 6.54 Å². The summed E-state index contributed by atoms with van der Waals surface area (Å²) in [6, 6.07) is 6.84. The van der Waals surface area contributed by atoms with Crippen LogP contribution in [0.3, 0.4) is 0 Å². The van der Waals surface area contributed by atoms with Crippen molar-refractivity contribution in [1.82, 2.24) is 14.8 Å². The molecule has 148 valence electrons. The van der Waals surface area contributed by atoms with E-state index in [1.54, 1.807) is 0 Å². The van der Waals surface area contributed by atoms with Crippen molar-refractivity contribution in [3.05, 3.63) is 35.0 Å². The predicted molar refractivity (Wildman–Crippen MR) is 114 cm³/mol. The Morgan fingerprint density at radius 1 is 1.22 bits per heavy atom. The van der Waals surface area contributed by atoms with Crippen molar-refractivity contribution in [2.45, 2.75) is 72.4 Å². The van der Waals surface area contributed by atoms with E-state index in [4.69, 9.17) is 0 Å². The molecule has 3 rings (SSSR count). The first-order valence-corrected chi connectivity index (χ1v) is 10.7. The minimum atomic E-state index is 0.0453. The van der Waals surface area contributed by atoms with Gasteiger partial charge in [0, 0.05) is 47.8 Å². The average molecular weight is 370 g/mol. The number of hydrogen-bond donors (Lipinski definition) is 1. The van der Waals surface area contributed by atoms with Crippen LogP contribution in [0, 0.1) is 13.8 Å². The maximum atomic E-state index is 12.6. The summed E-state index contributed by atoms with van der Waals surface area (Å²) in [5.74, 6) is 0.0453. The van der Waals surface area contributed by atoms with Crippen molar-refractivity contribution < 1.29 is 4.79 Å². The van der Waals surface area contributed by atoms with E-state index < -0.39 is 0 Å². The van der Waals surface area contributed by atoms with Crippen LogP contribution < -0.4 is 5.32 Å². The van der Waals surface area contributed by atoms with Crippen LogP contribution in [0.1, 0.15) is 67.6 Å². The number of amides is 1. The lowest BCUT2D eigenvalue weighted by Gasteiger charge is -2.35. The van der Waals surface area contributed by atoms with Crippen molar-refractivity contribution in [3.63, 3.8) is 0 Å². The highest BCUT2D eigenvalue weighted by Crippen LogP contribution is 2.26. The number of carbonyl (C=O) groups excluding carboxylic acids is 1. The Bertz CT molecular complexity index is 793. The summed E-state index contributed by atoms with van der Waals surface area (Å²) in [5, 5.41) is 4.31. The number of fused-ring (bicyclic) bond motifs is 1. The topological polar surface area (TPSA) is 37.3 Å². The molecule has 2 heterocycles. The lowest BCUT2D eigenvalue weighted by Crippen LogP contribution is -2.40. The third-order valence-corrected chi connectivity index (χ3v) is 6.35. The van der Waals surface area contributed by atoms with E-state index in [9.17, 15) is 4.79 Å². The molecule has 0 spiro atoms. The lowest BCUT2D eigenvalue weighted by molar-refractivity contribution is 0.0947. The molecule has 0 saturated carbocycles. The van der Waals surface area contributed by atoms with Crippen molar-refractivity contribution in [2.75, 3.05) is 19.6 Å². The normalized spacial score (nSPS) is 18.1. The fraction of sp³-hybridized carbons (Fsp3) is 0.609. The highest BCUT2D eigenvalue weighted by atomic mass is 16.1. The Morgan fingerprint density at radius 2 is 2.04 bits per heavy atom. The Kier molecular flexibility index (Phi) is 6.59. The summed E-state index contributed by atoms with van der Waals surface area (Å²) < 4.78 is 2.31. The van der Waals surface area contributed by atoms with Gasteiger partial charge in [-0.2, -0.15) is 0 Å². The number of benzene rings is 1. The molecule has 1 aliphatic rings. The van der Waals surface area contributed by atoms with Crippen molar-refractivity contribution >= 4 is 16.8 Å². The molecular formula is C23H35N3O. The number of aryl methyl sites for hydroxylation is 2. The van der Waals surface area contributed by atoms with Gasteiger partial charge in [0.2, 0.25) is 0 Å². The van der Waals surface area contributed by atoms with E-state index in [1.165, 1.54) is 54.4 Å². The van der Waals surface area contributed by atoms with E-state index in [0.717, 1.165) is 37.7 Å². The molecule has 4 nitrogen and oxygen atoms in total.